The number of hydrogen-bond acceptors (Lipinski definition) is 12. The third-order valence-corrected chi connectivity index (χ3v) is 14.7. The van der Waals surface area contributed by atoms with Gasteiger partial charge in [-0.25, -0.2) is 9.97 Å². The molecule has 0 saturated carbocycles. The first-order chi connectivity index (χ1) is 34.7. The summed E-state index contributed by atoms with van der Waals surface area (Å²) in [6.07, 6.45) is 7.46. The number of halogens is 1. The molecular formula is C54H57ClN12O4S. The van der Waals surface area contributed by atoms with Crippen LogP contribution in [0.3, 0.4) is 0 Å². The van der Waals surface area contributed by atoms with Gasteiger partial charge in [-0.05, 0) is 104 Å². The van der Waals surface area contributed by atoms with Crippen LogP contribution in [0.25, 0.3) is 32.8 Å². The number of aromatic nitrogens is 6. The molecule has 0 radical (unpaired) electrons. The van der Waals surface area contributed by atoms with E-state index in [1.165, 1.54) is 4.90 Å². The summed E-state index contributed by atoms with van der Waals surface area (Å²) < 4.78 is 3.45. The van der Waals surface area contributed by atoms with E-state index >= 15 is 0 Å². The van der Waals surface area contributed by atoms with Crippen LogP contribution in [0.1, 0.15) is 79.8 Å². The van der Waals surface area contributed by atoms with Crippen molar-refractivity contribution in [1.82, 2.24) is 45.1 Å². The zero-order valence-corrected chi connectivity index (χ0v) is 42.3. The number of hydrogen-bond donors (Lipinski definition) is 4. The lowest BCUT2D eigenvalue weighted by Gasteiger charge is -2.30. The number of benzene rings is 3. The molecule has 0 bridgehead atoms. The van der Waals surface area contributed by atoms with Gasteiger partial charge in [-0.2, -0.15) is 15.5 Å². The molecule has 0 spiro atoms. The molecule has 370 valence electrons. The number of rotatable bonds is 16. The van der Waals surface area contributed by atoms with Crippen LogP contribution < -0.4 is 20.9 Å². The summed E-state index contributed by atoms with van der Waals surface area (Å²) in [7, 11) is 0. The minimum atomic E-state index is -0.827. The van der Waals surface area contributed by atoms with Crippen LogP contribution >= 0.6 is 22.9 Å². The first kappa shape index (κ1) is 49.6. The number of anilines is 2. The van der Waals surface area contributed by atoms with Crippen molar-refractivity contribution in [3.63, 3.8) is 0 Å². The van der Waals surface area contributed by atoms with E-state index in [1.54, 1.807) is 45.2 Å². The number of nitrogens with zero attached hydrogens (tertiary/aromatic N) is 9. The van der Waals surface area contributed by atoms with Crippen LogP contribution in [0, 0.1) is 24.2 Å². The van der Waals surface area contributed by atoms with Gasteiger partial charge in [0, 0.05) is 79.1 Å². The summed E-state index contributed by atoms with van der Waals surface area (Å²) in [6.45, 7) is 11.8. The first-order valence-corrected chi connectivity index (χ1v) is 25.4. The van der Waals surface area contributed by atoms with Gasteiger partial charge in [0.05, 0.1) is 57.2 Å². The van der Waals surface area contributed by atoms with Gasteiger partial charge < -0.3 is 30.9 Å². The predicted molar refractivity (Wildman–Crippen MR) is 279 cm³/mol. The van der Waals surface area contributed by atoms with Gasteiger partial charge in [0.25, 0.3) is 5.91 Å². The Bertz CT molecular complexity index is 3110. The zero-order chi connectivity index (χ0) is 50.6. The number of aliphatic hydroxyl groups is 1. The average Bonchev–Trinajstić information content (AvgIpc) is 4.24. The molecule has 2 aliphatic rings. The highest BCUT2D eigenvalue weighted by Crippen LogP contribution is 2.32. The SMILES string of the molecule is Cc1ncsc1-c1ccc([C@H](C)NC(=O)C2C[C@@H](O)CN2C(=O)[C@H](C(C)C)n2cc(-c3ccnc(N4CCC(Nc5ccc(C(=O)N[C@@H](C)Cn6ccc(-c7ccc(C#N)c(Cl)c7)n6)cc5)C4)c3)cn2)cc1. The lowest BCUT2D eigenvalue weighted by molar-refractivity contribution is -0.142. The Morgan fingerprint density at radius 2 is 1.69 bits per heavy atom. The molecule has 2 unspecified atom stereocenters. The maximum Gasteiger partial charge on any atom is 0.251 e. The van der Waals surface area contributed by atoms with Gasteiger partial charge in [-0.15, -0.1) is 11.3 Å². The number of aliphatic hydroxyl groups excluding tert-OH is 1. The van der Waals surface area contributed by atoms with Crippen LogP contribution in [0.5, 0.6) is 0 Å². The minimum absolute atomic E-state index is 0.0591. The summed E-state index contributed by atoms with van der Waals surface area (Å²) in [4.78, 5) is 55.4. The van der Waals surface area contributed by atoms with Crippen molar-refractivity contribution in [3.8, 4) is 38.9 Å². The van der Waals surface area contributed by atoms with E-state index in [4.69, 9.17) is 16.6 Å². The quantitative estimate of drug-likeness (QED) is 0.0726. The number of pyridine rings is 1. The first-order valence-electron chi connectivity index (χ1n) is 24.2. The molecule has 18 heteroatoms. The molecule has 2 saturated heterocycles. The maximum absolute atomic E-state index is 14.4. The summed E-state index contributed by atoms with van der Waals surface area (Å²) >= 11 is 7.81. The number of carbonyl (C=O) groups excluding carboxylic acids is 3. The Morgan fingerprint density at radius 1 is 0.917 bits per heavy atom. The molecular weight excluding hydrogens is 948 g/mol. The van der Waals surface area contributed by atoms with Gasteiger partial charge in [-0.3, -0.25) is 23.7 Å². The Labute approximate surface area is 427 Å². The van der Waals surface area contributed by atoms with Crippen molar-refractivity contribution < 1.29 is 19.5 Å². The van der Waals surface area contributed by atoms with Crippen molar-refractivity contribution in [1.29, 1.82) is 5.26 Å². The zero-order valence-electron chi connectivity index (χ0n) is 40.7. The lowest BCUT2D eigenvalue weighted by atomic mass is 10.0. The molecule has 2 fully saturated rings. The number of aryl methyl sites for hydroxylation is 1. The molecule has 3 amide bonds. The van der Waals surface area contributed by atoms with Crippen LogP contribution in [0.4, 0.5) is 11.5 Å². The van der Waals surface area contributed by atoms with E-state index in [2.05, 4.69) is 42.1 Å². The van der Waals surface area contributed by atoms with Crippen molar-refractivity contribution in [2.24, 2.45) is 5.92 Å². The number of thiazole rings is 1. The van der Waals surface area contributed by atoms with Crippen molar-refractivity contribution >= 4 is 52.2 Å². The molecule has 9 rings (SSSR count). The molecule has 16 nitrogen and oxygen atoms in total. The highest BCUT2D eigenvalue weighted by atomic mass is 35.5. The fourth-order valence-electron chi connectivity index (χ4n) is 9.54. The van der Waals surface area contributed by atoms with E-state index < -0.39 is 18.2 Å². The predicted octanol–water partition coefficient (Wildman–Crippen LogP) is 8.31. The van der Waals surface area contributed by atoms with E-state index in [9.17, 15) is 24.8 Å². The highest BCUT2D eigenvalue weighted by molar-refractivity contribution is 7.13. The average molecular weight is 1010 g/mol. The summed E-state index contributed by atoms with van der Waals surface area (Å²) in [5, 5.41) is 39.5. The Kier molecular flexibility index (Phi) is 14.8. The number of β-amino-alcohol motifs (C(OH)–C–C–N with tert-alkyl or cyclic N) is 1. The summed E-state index contributed by atoms with van der Waals surface area (Å²) in [5.41, 5.74) is 9.94. The van der Waals surface area contributed by atoms with Crippen molar-refractivity contribution in [2.45, 2.75) is 90.3 Å². The topological polar surface area (TPSA) is 199 Å². The third-order valence-electron chi connectivity index (χ3n) is 13.4. The largest absolute Gasteiger partial charge is 0.391 e. The fourth-order valence-corrected chi connectivity index (χ4v) is 10.6. The van der Waals surface area contributed by atoms with Gasteiger partial charge in [-0.1, -0.05) is 55.8 Å². The van der Waals surface area contributed by atoms with Crippen molar-refractivity contribution in [2.75, 3.05) is 29.9 Å². The standard InChI is InChI=1S/C54H57ClN12O4S/c1-32(2)50(54(71)66-30-45(68)24-48(66)53(70)61-34(4)36-6-8-37(9-7-36)51-35(5)58-31-72-51)67-28-42(26-59-67)39-16-19-57-49(23-39)64-20-17-44(29-64)62-43-14-12-38(13-15-43)52(69)60-33(3)27-65-21-18-47(63-65)40-10-11-41(25-56)46(55)22-40/h6-16,18-19,21-23,26,28,31-34,44-45,48,50,62,68H,17,20,24,27,29-30H2,1-5H3,(H,60,69)(H,61,70)/t33-,34-,44?,45+,48?,50-/m0/s1. The molecule has 0 aliphatic carbocycles. The summed E-state index contributed by atoms with van der Waals surface area (Å²) in [6, 6.07) is 26.7. The second-order valence-corrected chi connectivity index (χ2v) is 20.3. The molecule has 7 aromatic rings. The second-order valence-electron chi connectivity index (χ2n) is 19.1. The number of amides is 3. The minimum Gasteiger partial charge on any atom is -0.391 e. The van der Waals surface area contributed by atoms with E-state index in [0.717, 1.165) is 75.1 Å². The number of nitrogens with one attached hydrogen (secondary N) is 3. The summed E-state index contributed by atoms with van der Waals surface area (Å²) in [5.74, 6) is -0.0910. The molecule has 2 aliphatic heterocycles. The molecule has 3 aromatic carbocycles. The molecule has 6 atom stereocenters. The Morgan fingerprint density at radius 3 is 2.42 bits per heavy atom. The number of likely N-dealkylation sites (tertiary alicyclic amines) is 1. The number of carbonyl (C=O) groups is 3. The normalized spacial score (nSPS) is 17.9. The van der Waals surface area contributed by atoms with E-state index in [1.807, 2.05) is 125 Å². The molecule has 4 N–H and O–H groups in total. The van der Waals surface area contributed by atoms with Gasteiger partial charge in [0.15, 0.2) is 0 Å². The van der Waals surface area contributed by atoms with Crippen molar-refractivity contribution in [3.05, 3.63) is 143 Å². The molecule has 4 aromatic heterocycles. The van der Waals surface area contributed by atoms with Crippen LogP contribution in [0.2, 0.25) is 5.02 Å². The fraction of sp³-hybridized carbons (Fsp3) is 0.333. The van der Waals surface area contributed by atoms with Crippen LogP contribution in [-0.2, 0) is 16.1 Å². The van der Waals surface area contributed by atoms with Gasteiger partial charge in [0.2, 0.25) is 11.8 Å². The number of nitriles is 1. The Balaban J connectivity index is 0.776. The maximum atomic E-state index is 14.4. The molecule has 72 heavy (non-hydrogen) atoms. The van der Waals surface area contributed by atoms with E-state index in [-0.39, 0.29) is 54.7 Å². The van der Waals surface area contributed by atoms with Gasteiger partial charge in [0.1, 0.15) is 24.0 Å². The van der Waals surface area contributed by atoms with Crippen LogP contribution in [0.15, 0.2) is 115 Å². The molecule has 6 heterocycles. The Hall–Kier alpha value is -7.39. The van der Waals surface area contributed by atoms with Gasteiger partial charge >= 0.3 is 0 Å². The highest BCUT2D eigenvalue weighted by Gasteiger charge is 2.43. The lowest BCUT2D eigenvalue weighted by Crippen LogP contribution is -2.49. The van der Waals surface area contributed by atoms with Crippen LogP contribution in [-0.4, -0.2) is 101 Å². The second kappa shape index (κ2) is 21.5. The monoisotopic (exact) mass is 1000 g/mol. The third kappa shape index (κ3) is 11.1. The smallest absolute Gasteiger partial charge is 0.251 e. The van der Waals surface area contributed by atoms with E-state index in [0.29, 0.717) is 22.7 Å².